The van der Waals surface area contributed by atoms with E-state index >= 15 is 0 Å². The van der Waals surface area contributed by atoms with Gasteiger partial charge in [0.1, 0.15) is 5.82 Å². The zero-order valence-electron chi connectivity index (χ0n) is 21.8. The molecule has 3 aliphatic heterocycles. The zero-order chi connectivity index (χ0) is 27.1. The molecule has 6 rings (SSSR count). The smallest absolute Gasteiger partial charge is 0.256 e. The summed E-state index contributed by atoms with van der Waals surface area (Å²) in [7, 11) is 0. The lowest BCUT2D eigenvalue weighted by Crippen LogP contribution is -2.43. The molecule has 0 saturated carbocycles. The number of nitrogens with zero attached hydrogens (tertiary/aromatic N) is 2. The Bertz CT molecular complexity index is 1490. The van der Waals surface area contributed by atoms with Gasteiger partial charge in [-0.1, -0.05) is 23.7 Å². The minimum Gasteiger partial charge on any atom is -0.380 e. The average molecular weight is 549 g/mol. The van der Waals surface area contributed by atoms with Crippen molar-refractivity contribution in [3.05, 3.63) is 75.3 Å². The lowest BCUT2D eigenvalue weighted by Gasteiger charge is -2.30. The van der Waals surface area contributed by atoms with E-state index in [0.717, 1.165) is 56.9 Å². The predicted molar refractivity (Wildman–Crippen MR) is 150 cm³/mol. The number of aromatic nitrogens is 1. The summed E-state index contributed by atoms with van der Waals surface area (Å²) in [6.45, 7) is 7.46. The predicted octanol–water partition coefficient (Wildman–Crippen LogP) is 5.00. The first-order valence-electron chi connectivity index (χ1n) is 13.3. The molecule has 3 aliphatic rings. The van der Waals surface area contributed by atoms with Crippen molar-refractivity contribution < 1.29 is 18.7 Å². The highest BCUT2D eigenvalue weighted by Gasteiger charge is 2.32. The molecule has 0 radical (unpaired) electrons. The van der Waals surface area contributed by atoms with Gasteiger partial charge in [-0.2, -0.15) is 0 Å². The Balaban J connectivity index is 1.30. The second kappa shape index (κ2) is 10.6. The molecule has 9 heteroatoms. The third kappa shape index (κ3) is 4.88. The number of amides is 2. The molecule has 1 aromatic heterocycles. The highest BCUT2D eigenvalue weighted by molar-refractivity contribution is 6.36. The van der Waals surface area contributed by atoms with Crippen LogP contribution >= 0.6 is 11.6 Å². The fourth-order valence-corrected chi connectivity index (χ4v) is 5.93. The summed E-state index contributed by atoms with van der Waals surface area (Å²) in [6.07, 6.45) is 3.51. The van der Waals surface area contributed by atoms with Crippen molar-refractivity contribution in [1.29, 1.82) is 0 Å². The SMILES string of the molecule is Cc1c(/C=C2\C(=O)Nc3cccc(-c4ccc(Cl)cc4F)c32)[nH]c2c1C(=O)N(CCN1CCCOCC1)CC2. The van der Waals surface area contributed by atoms with Crippen molar-refractivity contribution in [2.45, 2.75) is 19.8 Å². The lowest BCUT2D eigenvalue weighted by molar-refractivity contribution is -0.110. The number of benzene rings is 2. The van der Waals surface area contributed by atoms with E-state index in [0.29, 0.717) is 57.3 Å². The Morgan fingerprint density at radius 2 is 1.92 bits per heavy atom. The maximum atomic E-state index is 14.9. The summed E-state index contributed by atoms with van der Waals surface area (Å²) in [4.78, 5) is 34.3. The molecule has 0 unspecified atom stereocenters. The topological polar surface area (TPSA) is 77.7 Å². The molecule has 2 N–H and O–H groups in total. The summed E-state index contributed by atoms with van der Waals surface area (Å²) in [5, 5.41) is 3.21. The fraction of sp³-hybridized carbons (Fsp3) is 0.333. The molecule has 1 fully saturated rings. The van der Waals surface area contributed by atoms with Crippen molar-refractivity contribution in [3.8, 4) is 11.1 Å². The number of ether oxygens (including phenoxy) is 1. The molecule has 3 aromatic rings. The monoisotopic (exact) mass is 548 g/mol. The van der Waals surface area contributed by atoms with Crippen LogP contribution in [0.3, 0.4) is 0 Å². The normalized spacial score (nSPS) is 18.7. The molecular formula is C30H30ClFN4O3. The van der Waals surface area contributed by atoms with E-state index < -0.39 is 5.82 Å². The number of aromatic amines is 1. The van der Waals surface area contributed by atoms with Crippen LogP contribution in [0.1, 0.15) is 39.3 Å². The quantitative estimate of drug-likeness (QED) is 0.440. The third-order valence-corrected chi connectivity index (χ3v) is 8.07. The van der Waals surface area contributed by atoms with E-state index in [1.54, 1.807) is 36.4 Å². The molecule has 1 saturated heterocycles. The number of carbonyl (C=O) groups is 2. The van der Waals surface area contributed by atoms with E-state index in [4.69, 9.17) is 16.3 Å². The molecular weight excluding hydrogens is 519 g/mol. The van der Waals surface area contributed by atoms with Crippen LogP contribution in [0.4, 0.5) is 10.1 Å². The van der Waals surface area contributed by atoms with Gasteiger partial charge in [0.05, 0.1) is 17.7 Å². The molecule has 4 heterocycles. The lowest BCUT2D eigenvalue weighted by atomic mass is 9.93. The molecule has 0 spiro atoms. The van der Waals surface area contributed by atoms with Crippen molar-refractivity contribution in [2.24, 2.45) is 0 Å². The number of anilines is 1. The van der Waals surface area contributed by atoms with Crippen molar-refractivity contribution in [2.75, 3.05) is 51.3 Å². The first-order valence-corrected chi connectivity index (χ1v) is 13.7. The van der Waals surface area contributed by atoms with Crippen LogP contribution < -0.4 is 5.32 Å². The van der Waals surface area contributed by atoms with Crippen molar-refractivity contribution >= 4 is 40.8 Å². The molecule has 202 valence electrons. The van der Waals surface area contributed by atoms with Crippen LogP contribution in [0, 0.1) is 12.7 Å². The number of rotatable bonds is 5. The van der Waals surface area contributed by atoms with E-state index in [9.17, 15) is 14.0 Å². The van der Waals surface area contributed by atoms with Gasteiger partial charge in [-0.15, -0.1) is 0 Å². The first kappa shape index (κ1) is 25.8. The van der Waals surface area contributed by atoms with Gasteiger partial charge in [-0.25, -0.2) is 4.39 Å². The van der Waals surface area contributed by atoms with Gasteiger partial charge in [-0.05, 0) is 54.8 Å². The average Bonchev–Trinajstić information content (AvgIpc) is 3.26. The zero-order valence-corrected chi connectivity index (χ0v) is 22.5. The molecule has 0 aliphatic carbocycles. The minimum absolute atomic E-state index is 0.0147. The van der Waals surface area contributed by atoms with Gasteiger partial charge in [0.25, 0.3) is 11.8 Å². The Kier molecular flexibility index (Phi) is 7.01. The summed E-state index contributed by atoms with van der Waals surface area (Å²) < 4.78 is 20.4. The van der Waals surface area contributed by atoms with Crippen LogP contribution in [0.15, 0.2) is 36.4 Å². The second-order valence-corrected chi connectivity index (χ2v) is 10.7. The number of nitrogens with one attached hydrogen (secondary N) is 2. The van der Waals surface area contributed by atoms with Crippen LogP contribution in [0.5, 0.6) is 0 Å². The van der Waals surface area contributed by atoms with Gasteiger partial charge in [-0.3, -0.25) is 14.5 Å². The summed E-state index contributed by atoms with van der Waals surface area (Å²) in [6, 6.07) is 9.91. The highest BCUT2D eigenvalue weighted by atomic mass is 35.5. The highest BCUT2D eigenvalue weighted by Crippen LogP contribution is 2.42. The molecule has 0 atom stereocenters. The summed E-state index contributed by atoms with van der Waals surface area (Å²) >= 11 is 5.98. The molecule has 39 heavy (non-hydrogen) atoms. The van der Waals surface area contributed by atoms with E-state index in [-0.39, 0.29) is 11.8 Å². The van der Waals surface area contributed by atoms with Crippen LogP contribution in [0.25, 0.3) is 22.8 Å². The van der Waals surface area contributed by atoms with Crippen molar-refractivity contribution in [3.63, 3.8) is 0 Å². The number of H-pyrrole nitrogens is 1. The Morgan fingerprint density at radius 1 is 1.05 bits per heavy atom. The van der Waals surface area contributed by atoms with Gasteiger partial charge < -0.3 is 19.9 Å². The standard InChI is InChI=1S/C30H30ClFN4O3/c1-18-26(33-25-8-10-36(30(38)27(18)25)12-11-35-9-3-14-39-15-13-35)17-22-28-21(4-2-5-24(28)34-29(22)37)20-7-6-19(31)16-23(20)32/h2,4-7,16-17,33H,3,8-15H2,1H3,(H,34,37)/b22-17-. The van der Waals surface area contributed by atoms with Gasteiger partial charge in [0, 0.05) is 79.0 Å². The number of fused-ring (bicyclic) bond motifs is 2. The summed E-state index contributed by atoms with van der Waals surface area (Å²) in [5.74, 6) is -0.714. The number of halogens is 2. The molecule has 2 amide bonds. The number of hydrogen-bond acceptors (Lipinski definition) is 4. The van der Waals surface area contributed by atoms with E-state index in [1.165, 1.54) is 6.07 Å². The first-order chi connectivity index (χ1) is 18.9. The number of carbonyl (C=O) groups excluding carboxylic acids is 2. The maximum Gasteiger partial charge on any atom is 0.256 e. The number of hydrogen-bond donors (Lipinski definition) is 2. The largest absolute Gasteiger partial charge is 0.380 e. The maximum absolute atomic E-state index is 14.9. The Morgan fingerprint density at radius 3 is 2.77 bits per heavy atom. The van der Waals surface area contributed by atoms with Gasteiger partial charge in [0.15, 0.2) is 0 Å². The van der Waals surface area contributed by atoms with Crippen LogP contribution in [-0.2, 0) is 16.0 Å². The Hall–Kier alpha value is -3.46. The van der Waals surface area contributed by atoms with E-state index in [2.05, 4.69) is 15.2 Å². The third-order valence-electron chi connectivity index (χ3n) is 7.84. The fourth-order valence-electron chi connectivity index (χ4n) is 5.77. The molecule has 2 aromatic carbocycles. The van der Waals surface area contributed by atoms with Crippen LogP contribution in [-0.4, -0.2) is 72.5 Å². The van der Waals surface area contributed by atoms with Gasteiger partial charge in [0.2, 0.25) is 0 Å². The van der Waals surface area contributed by atoms with Gasteiger partial charge >= 0.3 is 0 Å². The molecule has 0 bridgehead atoms. The minimum atomic E-state index is -0.459. The molecule has 7 nitrogen and oxygen atoms in total. The van der Waals surface area contributed by atoms with E-state index in [1.807, 2.05) is 11.8 Å². The summed E-state index contributed by atoms with van der Waals surface area (Å²) in [5.41, 5.74) is 5.73. The van der Waals surface area contributed by atoms with Crippen molar-refractivity contribution in [1.82, 2.24) is 14.8 Å². The second-order valence-electron chi connectivity index (χ2n) is 10.2. The van der Waals surface area contributed by atoms with Crippen LogP contribution in [0.2, 0.25) is 5.02 Å². The Labute approximate surface area is 231 Å².